The van der Waals surface area contributed by atoms with Gasteiger partial charge in [0.15, 0.2) is 0 Å². The number of ether oxygens (including phenoxy) is 1. The van der Waals surface area contributed by atoms with Crippen molar-refractivity contribution >= 4 is 0 Å². The average molecular weight is 259 g/mol. The van der Waals surface area contributed by atoms with Gasteiger partial charge in [-0.15, -0.1) is 0 Å². The Labute approximate surface area is 114 Å². The van der Waals surface area contributed by atoms with Crippen LogP contribution in [0.25, 0.3) is 0 Å². The van der Waals surface area contributed by atoms with Crippen LogP contribution in [0.4, 0.5) is 0 Å². The number of methoxy groups -OCH3 is 1. The smallest absolute Gasteiger partial charge is 0.123 e. The third kappa shape index (κ3) is 2.38. The van der Waals surface area contributed by atoms with Gasteiger partial charge in [0, 0.05) is 11.1 Å². The molecule has 0 bridgehead atoms. The number of benzene rings is 1. The molecule has 0 aliphatic rings. The molecule has 0 aliphatic heterocycles. The van der Waals surface area contributed by atoms with E-state index in [1.54, 1.807) is 7.11 Å². The SMILES string of the molecule is COc1ccc(C)cc1C(N)c1c(C)oc(C)c1C. The summed E-state index contributed by atoms with van der Waals surface area (Å²) in [5.41, 5.74) is 10.8. The molecule has 0 saturated carbocycles. The highest BCUT2D eigenvalue weighted by Crippen LogP contribution is 2.34. The monoisotopic (exact) mass is 259 g/mol. The molecule has 0 spiro atoms. The molecule has 0 amide bonds. The summed E-state index contributed by atoms with van der Waals surface area (Å²) in [6.07, 6.45) is 0. The zero-order valence-electron chi connectivity index (χ0n) is 12.2. The van der Waals surface area contributed by atoms with Gasteiger partial charge in [-0.1, -0.05) is 17.7 Å². The van der Waals surface area contributed by atoms with Gasteiger partial charge in [0.05, 0.1) is 13.2 Å². The molecule has 2 aromatic rings. The fourth-order valence-electron chi connectivity index (χ4n) is 2.52. The van der Waals surface area contributed by atoms with E-state index in [0.717, 1.165) is 34.0 Å². The molecule has 2 N–H and O–H groups in total. The van der Waals surface area contributed by atoms with Gasteiger partial charge in [-0.25, -0.2) is 0 Å². The van der Waals surface area contributed by atoms with Crippen molar-refractivity contribution in [2.24, 2.45) is 5.73 Å². The Balaban J connectivity index is 2.55. The maximum Gasteiger partial charge on any atom is 0.123 e. The van der Waals surface area contributed by atoms with Crippen molar-refractivity contribution in [1.29, 1.82) is 0 Å². The summed E-state index contributed by atoms with van der Waals surface area (Å²) in [6.45, 7) is 8.02. The van der Waals surface area contributed by atoms with Crippen LogP contribution in [0.5, 0.6) is 5.75 Å². The summed E-state index contributed by atoms with van der Waals surface area (Å²) in [7, 11) is 1.67. The molecule has 2 rings (SSSR count). The minimum atomic E-state index is -0.229. The Morgan fingerprint density at radius 1 is 1.11 bits per heavy atom. The van der Waals surface area contributed by atoms with E-state index in [1.165, 1.54) is 5.56 Å². The lowest BCUT2D eigenvalue weighted by atomic mass is 9.94. The van der Waals surface area contributed by atoms with Gasteiger partial charge in [-0.3, -0.25) is 0 Å². The van der Waals surface area contributed by atoms with E-state index in [9.17, 15) is 0 Å². The quantitative estimate of drug-likeness (QED) is 0.916. The molecular weight excluding hydrogens is 238 g/mol. The Morgan fingerprint density at radius 2 is 1.79 bits per heavy atom. The van der Waals surface area contributed by atoms with Gasteiger partial charge < -0.3 is 14.9 Å². The molecule has 0 saturated heterocycles. The minimum absolute atomic E-state index is 0.229. The van der Waals surface area contributed by atoms with Crippen LogP contribution in [0.1, 0.15) is 39.8 Å². The van der Waals surface area contributed by atoms with Gasteiger partial charge in [-0.05, 0) is 39.3 Å². The van der Waals surface area contributed by atoms with Crippen molar-refractivity contribution in [3.8, 4) is 5.75 Å². The molecule has 1 atom stereocenters. The molecule has 1 unspecified atom stereocenters. The van der Waals surface area contributed by atoms with E-state index < -0.39 is 0 Å². The van der Waals surface area contributed by atoms with Crippen LogP contribution in [0.3, 0.4) is 0 Å². The molecule has 0 radical (unpaired) electrons. The molecule has 1 heterocycles. The fraction of sp³-hybridized carbons (Fsp3) is 0.375. The second kappa shape index (κ2) is 5.10. The third-order valence-corrected chi connectivity index (χ3v) is 3.65. The molecule has 19 heavy (non-hydrogen) atoms. The van der Waals surface area contributed by atoms with Gasteiger partial charge in [0.2, 0.25) is 0 Å². The molecule has 0 aliphatic carbocycles. The lowest BCUT2D eigenvalue weighted by Gasteiger charge is -2.17. The Hall–Kier alpha value is -1.74. The van der Waals surface area contributed by atoms with Crippen LogP contribution in [0, 0.1) is 27.7 Å². The average Bonchev–Trinajstić information content (AvgIpc) is 2.62. The molecule has 3 heteroatoms. The summed E-state index contributed by atoms with van der Waals surface area (Å²) >= 11 is 0. The standard InChI is InChI=1S/C16H21NO2/c1-9-6-7-14(18-5)13(8-9)16(17)15-10(2)11(3)19-12(15)4/h6-8,16H,17H2,1-5H3. The normalized spacial score (nSPS) is 12.5. The summed E-state index contributed by atoms with van der Waals surface area (Å²) in [4.78, 5) is 0. The fourth-order valence-corrected chi connectivity index (χ4v) is 2.52. The van der Waals surface area contributed by atoms with Gasteiger partial charge in [0.25, 0.3) is 0 Å². The molecule has 102 valence electrons. The second-order valence-electron chi connectivity index (χ2n) is 4.98. The van der Waals surface area contributed by atoms with Gasteiger partial charge in [0.1, 0.15) is 17.3 Å². The maximum absolute atomic E-state index is 6.44. The zero-order chi connectivity index (χ0) is 14.2. The second-order valence-corrected chi connectivity index (χ2v) is 4.98. The summed E-state index contributed by atoms with van der Waals surface area (Å²) in [6, 6.07) is 5.83. The van der Waals surface area contributed by atoms with E-state index in [4.69, 9.17) is 14.9 Å². The predicted octanol–water partition coefficient (Wildman–Crippen LogP) is 3.57. The highest BCUT2D eigenvalue weighted by molar-refractivity contribution is 5.47. The third-order valence-electron chi connectivity index (χ3n) is 3.65. The van der Waals surface area contributed by atoms with Crippen LogP contribution < -0.4 is 10.5 Å². The van der Waals surface area contributed by atoms with E-state index in [-0.39, 0.29) is 6.04 Å². The Kier molecular flexibility index (Phi) is 3.67. The molecule has 1 aromatic carbocycles. The van der Waals surface area contributed by atoms with E-state index in [0.29, 0.717) is 0 Å². The van der Waals surface area contributed by atoms with E-state index >= 15 is 0 Å². The van der Waals surface area contributed by atoms with Crippen molar-refractivity contribution in [1.82, 2.24) is 0 Å². The molecular formula is C16H21NO2. The van der Waals surface area contributed by atoms with E-state index in [1.807, 2.05) is 32.9 Å². The first kappa shape index (κ1) is 13.7. The summed E-state index contributed by atoms with van der Waals surface area (Å²) in [5, 5.41) is 0. The lowest BCUT2D eigenvalue weighted by Crippen LogP contribution is -2.14. The number of aryl methyl sites for hydroxylation is 3. The van der Waals surface area contributed by atoms with Gasteiger partial charge >= 0.3 is 0 Å². The molecule has 1 aromatic heterocycles. The highest BCUT2D eigenvalue weighted by Gasteiger charge is 2.22. The topological polar surface area (TPSA) is 48.4 Å². The number of furan rings is 1. The van der Waals surface area contributed by atoms with Gasteiger partial charge in [-0.2, -0.15) is 0 Å². The zero-order valence-corrected chi connectivity index (χ0v) is 12.2. The number of hydrogen-bond donors (Lipinski definition) is 1. The van der Waals surface area contributed by atoms with E-state index in [2.05, 4.69) is 13.0 Å². The number of rotatable bonds is 3. The van der Waals surface area contributed by atoms with Crippen molar-refractivity contribution in [3.63, 3.8) is 0 Å². The minimum Gasteiger partial charge on any atom is -0.496 e. The summed E-state index contributed by atoms with van der Waals surface area (Å²) in [5.74, 6) is 2.62. The lowest BCUT2D eigenvalue weighted by molar-refractivity contribution is 0.407. The number of nitrogens with two attached hydrogens (primary N) is 1. The van der Waals surface area contributed by atoms with Crippen molar-refractivity contribution in [2.45, 2.75) is 33.7 Å². The number of hydrogen-bond acceptors (Lipinski definition) is 3. The Bertz CT molecular complexity index is 599. The first-order valence-corrected chi connectivity index (χ1v) is 6.42. The van der Waals surface area contributed by atoms with Crippen molar-refractivity contribution in [2.75, 3.05) is 7.11 Å². The van der Waals surface area contributed by atoms with Crippen LogP contribution in [0.2, 0.25) is 0 Å². The largest absolute Gasteiger partial charge is 0.496 e. The van der Waals surface area contributed by atoms with Crippen molar-refractivity contribution < 1.29 is 9.15 Å². The highest BCUT2D eigenvalue weighted by atomic mass is 16.5. The van der Waals surface area contributed by atoms with Crippen molar-refractivity contribution in [3.05, 3.63) is 52.0 Å². The maximum atomic E-state index is 6.44. The van der Waals surface area contributed by atoms with Crippen LogP contribution in [-0.4, -0.2) is 7.11 Å². The van der Waals surface area contributed by atoms with Crippen LogP contribution in [-0.2, 0) is 0 Å². The first-order chi connectivity index (χ1) is 8.95. The molecule has 0 fully saturated rings. The molecule has 3 nitrogen and oxygen atoms in total. The predicted molar refractivity (Wildman–Crippen MR) is 76.7 cm³/mol. The van der Waals surface area contributed by atoms with Crippen LogP contribution >= 0.6 is 0 Å². The van der Waals surface area contributed by atoms with Crippen LogP contribution in [0.15, 0.2) is 22.6 Å². The Morgan fingerprint density at radius 3 is 2.32 bits per heavy atom. The summed E-state index contributed by atoms with van der Waals surface area (Å²) < 4.78 is 11.1. The first-order valence-electron chi connectivity index (χ1n) is 6.42.